The van der Waals surface area contributed by atoms with Gasteiger partial charge in [-0.25, -0.2) is 0 Å². The molecule has 0 bridgehead atoms. The number of aliphatic hydroxyl groups is 1. The van der Waals surface area contributed by atoms with Crippen molar-refractivity contribution in [3.63, 3.8) is 0 Å². The number of aliphatic hydroxyl groups excluding tert-OH is 1. The van der Waals surface area contributed by atoms with Gasteiger partial charge in [-0.15, -0.1) is 11.3 Å². The molecule has 1 aliphatic rings. The van der Waals surface area contributed by atoms with Crippen molar-refractivity contribution in [1.29, 1.82) is 0 Å². The molecule has 1 heterocycles. The molecule has 0 aliphatic heterocycles. The van der Waals surface area contributed by atoms with Gasteiger partial charge in [0.1, 0.15) is 0 Å². The third-order valence-corrected chi connectivity index (χ3v) is 4.70. The van der Waals surface area contributed by atoms with Crippen LogP contribution in [0.1, 0.15) is 36.9 Å². The molecule has 5 heteroatoms. The van der Waals surface area contributed by atoms with Crippen LogP contribution >= 0.6 is 34.5 Å². The van der Waals surface area contributed by atoms with Gasteiger partial charge in [-0.05, 0) is 31.7 Å². The Hall–Kier alpha value is 0.200. The van der Waals surface area contributed by atoms with Gasteiger partial charge in [0.25, 0.3) is 0 Å². The van der Waals surface area contributed by atoms with Gasteiger partial charge >= 0.3 is 0 Å². The highest BCUT2D eigenvalue weighted by molar-refractivity contribution is 7.20. The Balaban J connectivity index is 2.25. The SMILES string of the molecule is C[C@H](CO)NC1CCCc2c(Cl)sc(Cl)c21. The normalized spacial score (nSPS) is 21.9. The zero-order valence-electron chi connectivity index (χ0n) is 9.09. The van der Waals surface area contributed by atoms with Crippen molar-refractivity contribution < 1.29 is 5.11 Å². The molecule has 0 saturated carbocycles. The van der Waals surface area contributed by atoms with Gasteiger partial charge in [-0.3, -0.25) is 0 Å². The van der Waals surface area contributed by atoms with E-state index in [0.717, 1.165) is 33.5 Å². The zero-order chi connectivity index (χ0) is 11.7. The fraction of sp³-hybridized carbons (Fsp3) is 0.636. The summed E-state index contributed by atoms with van der Waals surface area (Å²) in [5.74, 6) is 0. The second kappa shape index (κ2) is 5.23. The molecule has 0 saturated heterocycles. The smallest absolute Gasteiger partial charge is 0.0994 e. The lowest BCUT2D eigenvalue weighted by Gasteiger charge is -2.27. The average Bonchev–Trinajstić information content (AvgIpc) is 2.56. The maximum Gasteiger partial charge on any atom is 0.0994 e. The van der Waals surface area contributed by atoms with Crippen LogP contribution in [-0.2, 0) is 6.42 Å². The molecule has 0 amide bonds. The van der Waals surface area contributed by atoms with Gasteiger partial charge in [0.2, 0.25) is 0 Å². The van der Waals surface area contributed by atoms with Crippen LogP contribution in [0.3, 0.4) is 0 Å². The summed E-state index contributed by atoms with van der Waals surface area (Å²) in [4.78, 5) is 0. The van der Waals surface area contributed by atoms with E-state index in [1.807, 2.05) is 6.92 Å². The second-order valence-corrected chi connectivity index (χ2v) is 6.46. The molecule has 1 aliphatic carbocycles. The van der Waals surface area contributed by atoms with Gasteiger partial charge < -0.3 is 10.4 Å². The van der Waals surface area contributed by atoms with Crippen LogP contribution < -0.4 is 5.32 Å². The third kappa shape index (κ3) is 2.39. The van der Waals surface area contributed by atoms with Gasteiger partial charge in [0.15, 0.2) is 0 Å². The highest BCUT2D eigenvalue weighted by Crippen LogP contribution is 2.44. The number of thiophene rings is 1. The number of nitrogens with one attached hydrogen (secondary N) is 1. The van der Waals surface area contributed by atoms with E-state index in [1.54, 1.807) is 0 Å². The van der Waals surface area contributed by atoms with E-state index in [1.165, 1.54) is 16.9 Å². The minimum absolute atomic E-state index is 0.0886. The minimum atomic E-state index is 0.0886. The highest BCUT2D eigenvalue weighted by atomic mass is 35.5. The summed E-state index contributed by atoms with van der Waals surface area (Å²) >= 11 is 13.8. The molecule has 0 spiro atoms. The van der Waals surface area contributed by atoms with Gasteiger partial charge in [-0.1, -0.05) is 23.2 Å². The molecule has 2 atom stereocenters. The highest BCUT2D eigenvalue weighted by Gasteiger charge is 2.27. The first-order chi connectivity index (χ1) is 7.63. The predicted molar refractivity (Wildman–Crippen MR) is 69.7 cm³/mol. The van der Waals surface area contributed by atoms with Crippen LogP contribution in [0.2, 0.25) is 8.67 Å². The lowest BCUT2D eigenvalue weighted by atomic mass is 9.90. The molecule has 16 heavy (non-hydrogen) atoms. The van der Waals surface area contributed by atoms with Crippen molar-refractivity contribution in [3.8, 4) is 0 Å². The van der Waals surface area contributed by atoms with Crippen molar-refractivity contribution in [3.05, 3.63) is 19.8 Å². The Kier molecular flexibility index (Phi) is 4.14. The quantitative estimate of drug-likeness (QED) is 0.889. The van der Waals surface area contributed by atoms with Gasteiger partial charge in [0.05, 0.1) is 15.3 Å². The van der Waals surface area contributed by atoms with E-state index in [9.17, 15) is 0 Å². The topological polar surface area (TPSA) is 32.3 Å². The summed E-state index contributed by atoms with van der Waals surface area (Å²) in [6.45, 7) is 2.11. The van der Waals surface area contributed by atoms with Crippen LogP contribution in [0.4, 0.5) is 0 Å². The van der Waals surface area contributed by atoms with E-state index < -0.39 is 0 Å². The maximum atomic E-state index is 9.07. The molecule has 1 aromatic rings. The molecule has 0 fully saturated rings. The van der Waals surface area contributed by atoms with Gasteiger partial charge in [-0.2, -0.15) is 0 Å². The molecular weight excluding hydrogens is 265 g/mol. The van der Waals surface area contributed by atoms with Crippen LogP contribution in [0.25, 0.3) is 0 Å². The van der Waals surface area contributed by atoms with E-state index >= 15 is 0 Å². The van der Waals surface area contributed by atoms with Crippen molar-refractivity contribution >= 4 is 34.5 Å². The van der Waals surface area contributed by atoms with E-state index in [2.05, 4.69) is 5.32 Å². The van der Waals surface area contributed by atoms with Crippen LogP contribution in [0.5, 0.6) is 0 Å². The largest absolute Gasteiger partial charge is 0.395 e. The summed E-state index contributed by atoms with van der Waals surface area (Å²) in [5, 5.41) is 12.5. The van der Waals surface area contributed by atoms with Crippen molar-refractivity contribution in [2.45, 2.75) is 38.3 Å². The fourth-order valence-electron chi connectivity index (χ4n) is 2.19. The number of hydrogen-bond acceptors (Lipinski definition) is 3. The Bertz CT molecular complexity index is 380. The molecule has 2 N–H and O–H groups in total. The monoisotopic (exact) mass is 279 g/mol. The Morgan fingerprint density at radius 2 is 2.25 bits per heavy atom. The molecule has 2 rings (SSSR count). The molecule has 0 aromatic carbocycles. The number of rotatable bonds is 3. The van der Waals surface area contributed by atoms with Crippen LogP contribution in [0, 0.1) is 0 Å². The first-order valence-corrected chi connectivity index (χ1v) is 7.04. The summed E-state index contributed by atoms with van der Waals surface area (Å²) in [6, 6.07) is 0.327. The number of halogens is 2. The standard InChI is InChI=1S/C11H15Cl2NOS/c1-6(5-15)14-8-4-2-3-7-9(8)11(13)16-10(7)12/h6,8,14-15H,2-5H2,1H3/t6-,8?/m1/s1. The molecule has 1 unspecified atom stereocenters. The van der Waals surface area contributed by atoms with Crippen molar-refractivity contribution in [1.82, 2.24) is 5.32 Å². The molecule has 90 valence electrons. The van der Waals surface area contributed by atoms with Gasteiger partial charge in [0, 0.05) is 17.6 Å². The van der Waals surface area contributed by atoms with Crippen molar-refractivity contribution in [2.75, 3.05) is 6.61 Å². The minimum Gasteiger partial charge on any atom is -0.395 e. The van der Waals surface area contributed by atoms with E-state index in [-0.39, 0.29) is 18.7 Å². The molecule has 1 aromatic heterocycles. The second-order valence-electron chi connectivity index (χ2n) is 4.24. The van der Waals surface area contributed by atoms with Crippen molar-refractivity contribution in [2.24, 2.45) is 0 Å². The van der Waals surface area contributed by atoms with Crippen LogP contribution in [-0.4, -0.2) is 17.8 Å². The Labute approximate surface area is 110 Å². The lowest BCUT2D eigenvalue weighted by molar-refractivity contribution is 0.236. The maximum absolute atomic E-state index is 9.07. The predicted octanol–water partition coefficient (Wildman–Crippen LogP) is 3.40. The summed E-state index contributed by atoms with van der Waals surface area (Å²) < 4.78 is 1.62. The fourth-order valence-corrected chi connectivity index (χ4v) is 4.08. The summed E-state index contributed by atoms with van der Waals surface area (Å²) in [7, 11) is 0. The van der Waals surface area contributed by atoms with E-state index in [4.69, 9.17) is 28.3 Å². The molecule has 0 radical (unpaired) electrons. The molecule has 2 nitrogen and oxygen atoms in total. The zero-order valence-corrected chi connectivity index (χ0v) is 11.4. The number of fused-ring (bicyclic) bond motifs is 1. The lowest BCUT2D eigenvalue weighted by Crippen LogP contribution is -2.34. The van der Waals surface area contributed by atoms with Crippen LogP contribution in [0.15, 0.2) is 0 Å². The summed E-state index contributed by atoms with van der Waals surface area (Å²) in [6.07, 6.45) is 3.20. The average molecular weight is 280 g/mol. The molecular formula is C11H15Cl2NOS. The summed E-state index contributed by atoms with van der Waals surface area (Å²) in [5.41, 5.74) is 2.36. The first kappa shape index (κ1) is 12.7. The Morgan fingerprint density at radius 1 is 1.50 bits per heavy atom. The Morgan fingerprint density at radius 3 is 2.94 bits per heavy atom. The number of hydrogen-bond donors (Lipinski definition) is 2. The van der Waals surface area contributed by atoms with E-state index in [0.29, 0.717) is 0 Å². The third-order valence-electron chi connectivity index (χ3n) is 2.98. The first-order valence-electron chi connectivity index (χ1n) is 5.47.